The van der Waals surface area contributed by atoms with Gasteiger partial charge in [-0.25, -0.2) is 9.59 Å². The molecule has 0 unspecified atom stereocenters. The molecule has 0 spiro atoms. The number of amides is 2. The van der Waals surface area contributed by atoms with Gasteiger partial charge in [0.1, 0.15) is 21.5 Å². The van der Waals surface area contributed by atoms with E-state index in [0.29, 0.717) is 30.5 Å². The third-order valence-corrected chi connectivity index (χ3v) is 6.36. The number of nitrogens with zero attached hydrogens (tertiary/aromatic N) is 3. The molecule has 1 fully saturated rings. The Morgan fingerprint density at radius 1 is 1.25 bits per heavy atom. The number of aromatic nitrogens is 2. The van der Waals surface area contributed by atoms with E-state index in [4.69, 9.17) is 4.74 Å². The summed E-state index contributed by atoms with van der Waals surface area (Å²) in [5.74, 6) is 0.249. The van der Waals surface area contributed by atoms with Crippen LogP contribution in [0.2, 0.25) is 0 Å². The van der Waals surface area contributed by atoms with Crippen LogP contribution in [0.4, 0.5) is 4.79 Å². The Bertz CT molecular complexity index is 1140. The zero-order valence-electron chi connectivity index (χ0n) is 18.0. The van der Waals surface area contributed by atoms with Crippen molar-refractivity contribution in [3.8, 4) is 22.1 Å². The smallest absolute Gasteiger partial charge is 0.335 e. The van der Waals surface area contributed by atoms with E-state index in [0.717, 1.165) is 21.1 Å². The number of urea groups is 1. The summed E-state index contributed by atoms with van der Waals surface area (Å²) >= 11 is 1.56. The average Bonchev–Trinajstić information content (AvgIpc) is 3.36. The van der Waals surface area contributed by atoms with Crippen LogP contribution in [0, 0.1) is 0 Å². The minimum atomic E-state index is -1.04. The number of benzene rings is 2. The lowest BCUT2D eigenvalue weighted by molar-refractivity contribution is 0.0696. The van der Waals surface area contributed by atoms with E-state index in [1.54, 1.807) is 22.3 Å². The Labute approximate surface area is 189 Å². The number of nitrogens with one attached hydrogen (secondary N) is 1. The number of carboxylic acid groups (broad SMARTS) is 1. The van der Waals surface area contributed by atoms with Crippen LogP contribution in [-0.4, -0.2) is 44.8 Å². The summed E-state index contributed by atoms with van der Waals surface area (Å²) in [6.07, 6.45) is 0. The highest BCUT2D eigenvalue weighted by molar-refractivity contribution is 7.14. The maximum Gasteiger partial charge on any atom is 0.335 e. The standard InChI is InChI=1S/C23H24N4O4S/c1-13(2)20-25-26-21(32-20)15-6-8-18(9-7-15)31-19-10-16(22(28)29)4-5-17(19)12-27-11-14(3)24-23(27)30/h4-10,13-14H,11-12H2,1-3H3,(H,24,30)(H,28,29)/t14-/m1/s1. The van der Waals surface area contributed by atoms with E-state index in [1.165, 1.54) is 12.1 Å². The van der Waals surface area contributed by atoms with E-state index in [-0.39, 0.29) is 17.6 Å². The predicted molar refractivity (Wildman–Crippen MR) is 121 cm³/mol. The van der Waals surface area contributed by atoms with Gasteiger partial charge in [0.15, 0.2) is 0 Å². The number of rotatable bonds is 7. The molecule has 1 saturated heterocycles. The molecular weight excluding hydrogens is 428 g/mol. The number of ether oxygens (including phenoxy) is 1. The van der Waals surface area contributed by atoms with E-state index in [2.05, 4.69) is 29.4 Å². The van der Waals surface area contributed by atoms with Crippen molar-refractivity contribution in [1.82, 2.24) is 20.4 Å². The van der Waals surface area contributed by atoms with Gasteiger partial charge >= 0.3 is 12.0 Å². The normalized spacial score (nSPS) is 15.8. The molecule has 32 heavy (non-hydrogen) atoms. The summed E-state index contributed by atoms with van der Waals surface area (Å²) in [4.78, 5) is 25.3. The van der Waals surface area contributed by atoms with Crippen LogP contribution in [0.1, 0.15) is 47.6 Å². The van der Waals surface area contributed by atoms with Gasteiger partial charge < -0.3 is 20.1 Å². The third-order valence-electron chi connectivity index (χ3n) is 5.09. The lowest BCUT2D eigenvalue weighted by Crippen LogP contribution is -2.28. The van der Waals surface area contributed by atoms with Crippen molar-refractivity contribution in [3.05, 3.63) is 58.6 Å². The maximum atomic E-state index is 12.1. The molecule has 2 amide bonds. The van der Waals surface area contributed by atoms with Crippen LogP contribution in [-0.2, 0) is 6.54 Å². The summed E-state index contributed by atoms with van der Waals surface area (Å²) in [6.45, 7) is 7.00. The molecule has 2 N–H and O–H groups in total. The largest absolute Gasteiger partial charge is 0.478 e. The summed E-state index contributed by atoms with van der Waals surface area (Å²) < 4.78 is 6.05. The molecule has 166 valence electrons. The van der Waals surface area contributed by atoms with Crippen LogP contribution in [0.15, 0.2) is 42.5 Å². The lowest BCUT2D eigenvalue weighted by Gasteiger charge is -2.18. The average molecular weight is 453 g/mol. The van der Waals surface area contributed by atoms with Crippen molar-refractivity contribution in [2.45, 2.75) is 39.3 Å². The SMILES string of the molecule is CC(C)c1nnc(-c2ccc(Oc3cc(C(=O)O)ccc3CN3C[C@@H](C)NC3=O)cc2)s1. The van der Waals surface area contributed by atoms with Gasteiger partial charge in [0.25, 0.3) is 0 Å². The Balaban J connectivity index is 1.57. The Morgan fingerprint density at radius 3 is 2.59 bits per heavy atom. The maximum absolute atomic E-state index is 12.1. The highest BCUT2D eigenvalue weighted by Crippen LogP contribution is 2.32. The van der Waals surface area contributed by atoms with Crippen molar-refractivity contribution in [2.24, 2.45) is 0 Å². The van der Waals surface area contributed by atoms with Crippen LogP contribution in [0.25, 0.3) is 10.6 Å². The van der Waals surface area contributed by atoms with E-state index >= 15 is 0 Å². The van der Waals surface area contributed by atoms with Gasteiger partial charge in [0, 0.05) is 29.6 Å². The van der Waals surface area contributed by atoms with Crippen molar-refractivity contribution < 1.29 is 19.4 Å². The highest BCUT2D eigenvalue weighted by atomic mass is 32.1. The van der Waals surface area contributed by atoms with Crippen LogP contribution < -0.4 is 10.1 Å². The van der Waals surface area contributed by atoms with Gasteiger partial charge in [-0.1, -0.05) is 31.3 Å². The number of carboxylic acids is 1. The molecule has 3 aromatic rings. The molecule has 0 aliphatic carbocycles. The molecular formula is C23H24N4O4S. The van der Waals surface area contributed by atoms with E-state index in [9.17, 15) is 14.7 Å². The molecule has 9 heteroatoms. The molecule has 2 heterocycles. The number of hydrogen-bond donors (Lipinski definition) is 2. The molecule has 0 radical (unpaired) electrons. The van der Waals surface area contributed by atoms with Gasteiger partial charge in [-0.3, -0.25) is 0 Å². The van der Waals surface area contributed by atoms with Gasteiger partial charge in [-0.15, -0.1) is 10.2 Å². The molecule has 0 bridgehead atoms. The van der Waals surface area contributed by atoms with E-state index < -0.39 is 5.97 Å². The summed E-state index contributed by atoms with van der Waals surface area (Å²) in [6, 6.07) is 12.0. The Kier molecular flexibility index (Phi) is 6.09. The van der Waals surface area contributed by atoms with Gasteiger partial charge in [0.05, 0.1) is 12.1 Å². The topological polar surface area (TPSA) is 105 Å². The molecule has 2 aromatic carbocycles. The quantitative estimate of drug-likeness (QED) is 0.537. The first-order valence-electron chi connectivity index (χ1n) is 10.3. The number of carbonyl (C=O) groups excluding carboxylic acids is 1. The molecule has 1 atom stereocenters. The number of hydrogen-bond acceptors (Lipinski definition) is 6. The van der Waals surface area contributed by atoms with Crippen LogP contribution in [0.3, 0.4) is 0 Å². The highest BCUT2D eigenvalue weighted by Gasteiger charge is 2.26. The second-order valence-electron chi connectivity index (χ2n) is 8.09. The monoisotopic (exact) mass is 452 g/mol. The molecule has 1 aromatic heterocycles. The van der Waals surface area contributed by atoms with Crippen LogP contribution >= 0.6 is 11.3 Å². The van der Waals surface area contributed by atoms with Gasteiger partial charge in [0.2, 0.25) is 0 Å². The molecule has 4 rings (SSSR count). The first-order valence-corrected chi connectivity index (χ1v) is 11.1. The Hall–Kier alpha value is -3.46. The molecule has 0 saturated carbocycles. The summed E-state index contributed by atoms with van der Waals surface area (Å²) in [5, 5.41) is 22.5. The minimum Gasteiger partial charge on any atom is -0.478 e. The summed E-state index contributed by atoms with van der Waals surface area (Å²) in [7, 11) is 0. The molecule has 1 aliphatic heterocycles. The fraction of sp³-hybridized carbons (Fsp3) is 0.304. The first kappa shape index (κ1) is 21.8. The second kappa shape index (κ2) is 8.96. The summed E-state index contributed by atoms with van der Waals surface area (Å²) in [5.41, 5.74) is 1.78. The van der Waals surface area contributed by atoms with Gasteiger partial charge in [-0.2, -0.15) is 0 Å². The number of carbonyl (C=O) groups is 2. The van der Waals surface area contributed by atoms with Crippen molar-refractivity contribution in [1.29, 1.82) is 0 Å². The third kappa shape index (κ3) is 4.72. The number of aromatic carboxylic acids is 1. The van der Waals surface area contributed by atoms with Crippen LogP contribution in [0.5, 0.6) is 11.5 Å². The minimum absolute atomic E-state index is 0.0641. The fourth-order valence-electron chi connectivity index (χ4n) is 3.39. The molecule has 8 nitrogen and oxygen atoms in total. The fourth-order valence-corrected chi connectivity index (χ4v) is 4.24. The molecule has 1 aliphatic rings. The van der Waals surface area contributed by atoms with E-state index in [1.807, 2.05) is 31.2 Å². The van der Waals surface area contributed by atoms with Gasteiger partial charge in [-0.05, 0) is 43.3 Å². The van der Waals surface area contributed by atoms with Crippen molar-refractivity contribution >= 4 is 23.3 Å². The van der Waals surface area contributed by atoms with Crippen molar-refractivity contribution in [3.63, 3.8) is 0 Å². The lowest BCUT2D eigenvalue weighted by atomic mass is 10.1. The zero-order chi connectivity index (χ0) is 22.8. The predicted octanol–water partition coefficient (Wildman–Crippen LogP) is 4.73. The second-order valence-corrected chi connectivity index (χ2v) is 9.09. The zero-order valence-corrected chi connectivity index (χ0v) is 18.8. The Morgan fingerprint density at radius 2 is 2.00 bits per heavy atom. The first-order chi connectivity index (χ1) is 15.3. The van der Waals surface area contributed by atoms with Crippen molar-refractivity contribution in [2.75, 3.05) is 6.54 Å².